The Labute approximate surface area is 170 Å². The van der Waals surface area contributed by atoms with Crippen molar-refractivity contribution in [3.8, 4) is 0 Å². The van der Waals surface area contributed by atoms with Gasteiger partial charge in [-0.15, -0.1) is 0 Å². The lowest BCUT2D eigenvalue weighted by Crippen LogP contribution is -2.46. The average molecular weight is 450 g/mol. The highest BCUT2D eigenvalue weighted by molar-refractivity contribution is 9.10. The molecule has 0 bridgehead atoms. The van der Waals surface area contributed by atoms with Crippen LogP contribution in [0.4, 0.5) is 5.69 Å². The highest BCUT2D eigenvalue weighted by Gasteiger charge is 2.21. The molecule has 7 heteroatoms. The van der Waals surface area contributed by atoms with Gasteiger partial charge in [-0.05, 0) is 45.8 Å². The molecule has 1 saturated heterocycles. The van der Waals surface area contributed by atoms with Gasteiger partial charge in [-0.3, -0.25) is 4.90 Å². The van der Waals surface area contributed by atoms with E-state index in [9.17, 15) is 4.79 Å². The molecule has 0 unspecified atom stereocenters. The zero-order valence-corrected chi connectivity index (χ0v) is 16.8. The van der Waals surface area contributed by atoms with Crippen LogP contribution >= 0.6 is 27.5 Å². The largest absolute Gasteiger partial charge is 0.475 e. The molecule has 0 aliphatic carbocycles. The zero-order valence-electron chi connectivity index (χ0n) is 14.5. The van der Waals surface area contributed by atoms with Crippen LogP contribution in [-0.4, -0.2) is 42.2 Å². The van der Waals surface area contributed by atoms with Gasteiger partial charge in [0.15, 0.2) is 0 Å². The molecule has 140 valence electrons. The van der Waals surface area contributed by atoms with Crippen molar-refractivity contribution in [2.75, 3.05) is 31.1 Å². The number of fused-ring (bicyclic) bond motifs is 1. The van der Waals surface area contributed by atoms with E-state index in [-0.39, 0.29) is 5.76 Å². The second kappa shape index (κ2) is 7.54. The number of carboxylic acid groups (broad SMARTS) is 1. The van der Waals surface area contributed by atoms with Gasteiger partial charge in [0.1, 0.15) is 5.58 Å². The summed E-state index contributed by atoms with van der Waals surface area (Å²) in [6, 6.07) is 13.4. The quantitative estimate of drug-likeness (QED) is 0.616. The standard InChI is InChI=1S/C20H18BrClN2O3/c21-19-15-11-18(20(25)26)27-17(15)5-4-16(19)24-8-6-23(7-9-24)12-13-2-1-3-14(22)10-13/h1-5,10-11H,6-9,12H2,(H,25,26). The first-order valence-electron chi connectivity index (χ1n) is 8.68. The number of hydrogen-bond acceptors (Lipinski definition) is 4. The zero-order chi connectivity index (χ0) is 19.0. The molecule has 0 amide bonds. The molecule has 5 nitrogen and oxygen atoms in total. The highest BCUT2D eigenvalue weighted by atomic mass is 79.9. The van der Waals surface area contributed by atoms with Crippen LogP contribution in [0.2, 0.25) is 5.02 Å². The van der Waals surface area contributed by atoms with Gasteiger partial charge in [0.2, 0.25) is 5.76 Å². The van der Waals surface area contributed by atoms with E-state index in [0.29, 0.717) is 5.58 Å². The third-order valence-electron chi connectivity index (χ3n) is 4.83. The molecule has 1 fully saturated rings. The van der Waals surface area contributed by atoms with Crippen LogP contribution < -0.4 is 4.90 Å². The van der Waals surface area contributed by atoms with E-state index in [1.54, 1.807) is 6.07 Å². The SMILES string of the molecule is O=C(O)c1cc2c(Br)c(N3CCN(Cc4cccc(Cl)c4)CC3)ccc2o1. The first-order valence-corrected chi connectivity index (χ1v) is 9.85. The van der Waals surface area contributed by atoms with Crippen molar-refractivity contribution >= 4 is 50.2 Å². The van der Waals surface area contributed by atoms with Crippen LogP contribution in [0.5, 0.6) is 0 Å². The number of halogens is 2. The Morgan fingerprint density at radius 3 is 2.63 bits per heavy atom. The summed E-state index contributed by atoms with van der Waals surface area (Å²) in [6.45, 7) is 4.58. The minimum absolute atomic E-state index is 0.0470. The van der Waals surface area contributed by atoms with E-state index >= 15 is 0 Å². The number of aromatic carboxylic acids is 1. The summed E-state index contributed by atoms with van der Waals surface area (Å²) in [7, 11) is 0. The van der Waals surface area contributed by atoms with Crippen LogP contribution in [-0.2, 0) is 6.54 Å². The van der Waals surface area contributed by atoms with Crippen molar-refractivity contribution in [2.45, 2.75) is 6.54 Å². The maximum absolute atomic E-state index is 11.1. The van der Waals surface area contributed by atoms with Gasteiger partial charge in [-0.2, -0.15) is 0 Å². The lowest BCUT2D eigenvalue weighted by Gasteiger charge is -2.36. The molecular weight excluding hydrogens is 432 g/mol. The van der Waals surface area contributed by atoms with Crippen molar-refractivity contribution in [1.29, 1.82) is 0 Å². The summed E-state index contributed by atoms with van der Waals surface area (Å²) in [5.74, 6) is -1.11. The molecule has 27 heavy (non-hydrogen) atoms. The number of carbonyl (C=O) groups is 1. The first-order chi connectivity index (χ1) is 13.0. The minimum Gasteiger partial charge on any atom is -0.475 e. The second-order valence-corrected chi connectivity index (χ2v) is 7.85. The molecule has 0 radical (unpaired) electrons. The Hall–Kier alpha value is -2.02. The first kappa shape index (κ1) is 18.3. The fraction of sp³-hybridized carbons (Fsp3) is 0.250. The number of benzene rings is 2. The van der Waals surface area contributed by atoms with Gasteiger partial charge >= 0.3 is 5.97 Å². The molecule has 0 atom stereocenters. The number of anilines is 1. The number of furan rings is 1. The van der Waals surface area contributed by atoms with Gasteiger partial charge in [-0.25, -0.2) is 4.79 Å². The van der Waals surface area contributed by atoms with E-state index in [2.05, 4.69) is 31.8 Å². The summed E-state index contributed by atoms with van der Waals surface area (Å²) in [4.78, 5) is 15.9. The molecule has 4 rings (SSSR count). The lowest BCUT2D eigenvalue weighted by molar-refractivity contribution is 0.0665. The fourth-order valence-corrected chi connectivity index (χ4v) is 4.36. The molecule has 2 heterocycles. The van der Waals surface area contributed by atoms with Gasteiger partial charge in [0.25, 0.3) is 0 Å². The molecule has 2 aromatic carbocycles. The summed E-state index contributed by atoms with van der Waals surface area (Å²) in [5, 5.41) is 10.7. The van der Waals surface area contributed by atoms with Crippen molar-refractivity contribution in [1.82, 2.24) is 4.90 Å². The van der Waals surface area contributed by atoms with Crippen LogP contribution in [0, 0.1) is 0 Å². The molecule has 0 saturated carbocycles. The molecule has 1 N–H and O–H groups in total. The van der Waals surface area contributed by atoms with E-state index in [4.69, 9.17) is 21.1 Å². The van der Waals surface area contributed by atoms with E-state index in [1.807, 2.05) is 30.3 Å². The maximum atomic E-state index is 11.1. The third-order valence-corrected chi connectivity index (χ3v) is 5.90. The Bertz CT molecular complexity index is 996. The topological polar surface area (TPSA) is 56.9 Å². The Morgan fingerprint density at radius 2 is 1.93 bits per heavy atom. The predicted molar refractivity (Wildman–Crippen MR) is 110 cm³/mol. The van der Waals surface area contributed by atoms with E-state index < -0.39 is 5.97 Å². The van der Waals surface area contributed by atoms with Crippen molar-refractivity contribution in [3.05, 3.63) is 63.3 Å². The van der Waals surface area contributed by atoms with Gasteiger partial charge in [-0.1, -0.05) is 23.7 Å². The average Bonchev–Trinajstić information content (AvgIpc) is 3.09. The number of piperazine rings is 1. The van der Waals surface area contributed by atoms with Crippen molar-refractivity contribution in [3.63, 3.8) is 0 Å². The van der Waals surface area contributed by atoms with Gasteiger partial charge < -0.3 is 14.4 Å². The lowest BCUT2D eigenvalue weighted by atomic mass is 10.1. The predicted octanol–water partition coefficient (Wildman–Crippen LogP) is 4.87. The summed E-state index contributed by atoms with van der Waals surface area (Å²) < 4.78 is 6.25. The number of hydrogen-bond donors (Lipinski definition) is 1. The molecule has 1 aromatic heterocycles. The summed E-state index contributed by atoms with van der Waals surface area (Å²) in [5.41, 5.74) is 2.85. The van der Waals surface area contributed by atoms with Gasteiger partial charge in [0.05, 0.1) is 10.2 Å². The molecule has 0 spiro atoms. The van der Waals surface area contributed by atoms with Crippen molar-refractivity contribution in [2.24, 2.45) is 0 Å². The number of nitrogens with zero attached hydrogens (tertiary/aromatic N) is 2. The molecule has 1 aliphatic rings. The summed E-state index contributed by atoms with van der Waals surface area (Å²) >= 11 is 9.71. The second-order valence-electron chi connectivity index (χ2n) is 6.62. The number of rotatable bonds is 4. The van der Waals surface area contributed by atoms with Crippen molar-refractivity contribution < 1.29 is 14.3 Å². The summed E-state index contributed by atoms with van der Waals surface area (Å²) in [6.07, 6.45) is 0. The molecular formula is C20H18BrClN2O3. The fourth-order valence-electron chi connectivity index (χ4n) is 3.46. The highest BCUT2D eigenvalue weighted by Crippen LogP contribution is 2.36. The minimum atomic E-state index is -1.06. The van der Waals surface area contributed by atoms with Gasteiger partial charge in [0, 0.05) is 49.2 Å². The van der Waals surface area contributed by atoms with E-state index in [1.165, 1.54) is 5.56 Å². The van der Waals surface area contributed by atoms with Crippen LogP contribution in [0.1, 0.15) is 16.1 Å². The Kier molecular flexibility index (Phi) is 5.12. The number of carboxylic acids is 1. The Balaban J connectivity index is 1.47. The van der Waals surface area contributed by atoms with Crippen LogP contribution in [0.3, 0.4) is 0 Å². The normalized spacial score (nSPS) is 15.4. The van der Waals surface area contributed by atoms with E-state index in [0.717, 1.165) is 53.3 Å². The monoisotopic (exact) mass is 448 g/mol. The Morgan fingerprint density at radius 1 is 1.15 bits per heavy atom. The van der Waals surface area contributed by atoms with Crippen LogP contribution in [0.15, 0.2) is 51.4 Å². The van der Waals surface area contributed by atoms with Crippen LogP contribution in [0.25, 0.3) is 11.0 Å². The third kappa shape index (κ3) is 3.83. The molecule has 3 aromatic rings. The molecule has 1 aliphatic heterocycles. The smallest absolute Gasteiger partial charge is 0.371 e. The maximum Gasteiger partial charge on any atom is 0.371 e.